The fraction of sp³-hybridized carbons (Fsp3) is 0.200. The molecule has 1 aliphatic heterocycles. The van der Waals surface area contributed by atoms with Crippen LogP contribution < -0.4 is 4.90 Å². The zero-order valence-electron chi connectivity index (χ0n) is 18.1. The highest BCUT2D eigenvalue weighted by molar-refractivity contribution is 7.13. The van der Waals surface area contributed by atoms with Gasteiger partial charge in [0.1, 0.15) is 5.69 Å². The number of carbonyl (C=O) groups is 1. The highest BCUT2D eigenvalue weighted by atomic mass is 32.1. The van der Waals surface area contributed by atoms with E-state index in [-0.39, 0.29) is 5.91 Å². The summed E-state index contributed by atoms with van der Waals surface area (Å²) in [5, 5.41) is 7.79. The maximum absolute atomic E-state index is 12.9. The summed E-state index contributed by atoms with van der Waals surface area (Å²) in [5.41, 5.74) is 3.81. The lowest BCUT2D eigenvalue weighted by Crippen LogP contribution is -2.48. The van der Waals surface area contributed by atoms with Gasteiger partial charge in [-0.05, 0) is 23.8 Å². The Hall–Kier alpha value is -3.78. The van der Waals surface area contributed by atoms with Crippen LogP contribution in [0.1, 0.15) is 11.1 Å². The molecule has 4 heterocycles. The molecular weight excluding hydrogens is 432 g/mol. The molecule has 1 aromatic carbocycles. The minimum atomic E-state index is 0.0155. The normalized spacial score (nSPS) is 14.2. The van der Waals surface area contributed by atoms with E-state index < -0.39 is 0 Å². The molecule has 0 atom stereocenters. The van der Waals surface area contributed by atoms with E-state index in [1.165, 1.54) is 5.56 Å². The number of carbonyl (C=O) groups excluding carboxylic acids is 1. The molecule has 1 fully saturated rings. The van der Waals surface area contributed by atoms with Crippen molar-refractivity contribution in [3.63, 3.8) is 0 Å². The van der Waals surface area contributed by atoms with Crippen molar-refractivity contribution in [1.29, 1.82) is 0 Å². The number of amides is 1. The van der Waals surface area contributed by atoms with Crippen LogP contribution >= 0.6 is 11.3 Å². The summed E-state index contributed by atoms with van der Waals surface area (Å²) in [6.07, 6.45) is 10.9. The van der Waals surface area contributed by atoms with Gasteiger partial charge in [-0.3, -0.25) is 14.5 Å². The van der Waals surface area contributed by atoms with Crippen LogP contribution in [-0.4, -0.2) is 56.7 Å². The summed E-state index contributed by atoms with van der Waals surface area (Å²) in [6.45, 7) is 3.62. The molecule has 5 rings (SSSR count). The molecule has 33 heavy (non-hydrogen) atoms. The highest BCUT2D eigenvalue weighted by Crippen LogP contribution is 2.23. The van der Waals surface area contributed by atoms with Gasteiger partial charge >= 0.3 is 0 Å². The summed E-state index contributed by atoms with van der Waals surface area (Å²) in [4.78, 5) is 25.6. The lowest BCUT2D eigenvalue weighted by molar-refractivity contribution is -0.126. The van der Waals surface area contributed by atoms with Crippen molar-refractivity contribution in [2.24, 2.45) is 0 Å². The van der Waals surface area contributed by atoms with Gasteiger partial charge in [-0.1, -0.05) is 30.3 Å². The topological polar surface area (TPSA) is 67.2 Å². The van der Waals surface area contributed by atoms with Crippen molar-refractivity contribution in [3.8, 4) is 11.3 Å². The Kier molecular flexibility index (Phi) is 6.25. The number of anilines is 1. The fourth-order valence-corrected chi connectivity index (χ4v) is 4.59. The van der Waals surface area contributed by atoms with Crippen molar-refractivity contribution in [1.82, 2.24) is 24.6 Å². The minimum Gasteiger partial charge on any atom is -0.345 e. The molecule has 7 nitrogen and oxygen atoms in total. The molecule has 3 aromatic heterocycles. The number of pyridine rings is 1. The van der Waals surface area contributed by atoms with Crippen LogP contribution in [0.5, 0.6) is 0 Å². The predicted octanol–water partition coefficient (Wildman–Crippen LogP) is 3.81. The Morgan fingerprint density at radius 1 is 1.03 bits per heavy atom. The van der Waals surface area contributed by atoms with Crippen molar-refractivity contribution in [2.45, 2.75) is 6.54 Å². The number of rotatable bonds is 6. The Morgan fingerprint density at radius 3 is 2.61 bits per heavy atom. The van der Waals surface area contributed by atoms with Crippen molar-refractivity contribution in [3.05, 3.63) is 89.8 Å². The van der Waals surface area contributed by atoms with E-state index in [1.807, 2.05) is 63.8 Å². The fourth-order valence-electron chi connectivity index (χ4n) is 3.89. The first-order valence-electron chi connectivity index (χ1n) is 10.9. The van der Waals surface area contributed by atoms with Crippen LogP contribution in [0.2, 0.25) is 0 Å². The summed E-state index contributed by atoms with van der Waals surface area (Å²) in [6, 6.07) is 14.1. The Labute approximate surface area is 196 Å². The quantitative estimate of drug-likeness (QED) is 0.413. The summed E-state index contributed by atoms with van der Waals surface area (Å²) in [5.74, 6) is 0.0155. The van der Waals surface area contributed by atoms with Crippen molar-refractivity contribution < 1.29 is 4.79 Å². The monoisotopic (exact) mass is 456 g/mol. The molecule has 1 saturated heterocycles. The molecule has 4 aromatic rings. The van der Waals surface area contributed by atoms with E-state index in [4.69, 9.17) is 5.10 Å². The maximum Gasteiger partial charge on any atom is 0.246 e. The Balaban J connectivity index is 1.32. The predicted molar refractivity (Wildman–Crippen MR) is 131 cm³/mol. The highest BCUT2D eigenvalue weighted by Gasteiger charge is 2.21. The van der Waals surface area contributed by atoms with Gasteiger partial charge in [0.05, 0.1) is 6.54 Å². The largest absolute Gasteiger partial charge is 0.345 e. The van der Waals surface area contributed by atoms with E-state index in [9.17, 15) is 4.79 Å². The van der Waals surface area contributed by atoms with Crippen LogP contribution in [0.15, 0.2) is 78.7 Å². The molecule has 0 unspecified atom stereocenters. The second-order valence-corrected chi connectivity index (χ2v) is 8.69. The van der Waals surface area contributed by atoms with Crippen molar-refractivity contribution >= 4 is 28.5 Å². The van der Waals surface area contributed by atoms with Gasteiger partial charge in [0.15, 0.2) is 5.13 Å². The van der Waals surface area contributed by atoms with Gasteiger partial charge in [0, 0.05) is 73.5 Å². The van der Waals surface area contributed by atoms with Crippen LogP contribution in [0.3, 0.4) is 0 Å². The third kappa shape index (κ3) is 5.01. The van der Waals surface area contributed by atoms with E-state index in [0.717, 1.165) is 35.0 Å². The first-order chi connectivity index (χ1) is 16.3. The molecule has 8 heteroatoms. The van der Waals surface area contributed by atoms with Crippen LogP contribution in [0.25, 0.3) is 17.3 Å². The summed E-state index contributed by atoms with van der Waals surface area (Å²) >= 11 is 1.63. The second-order valence-electron chi connectivity index (χ2n) is 7.82. The molecule has 1 amide bonds. The van der Waals surface area contributed by atoms with E-state index in [2.05, 4.69) is 27.0 Å². The SMILES string of the molecule is O=C(/C=C/c1cn(Cc2ccccc2)nc1-c1cccnc1)N1CCN(c2nccs2)CC1. The van der Waals surface area contributed by atoms with Crippen LogP contribution in [-0.2, 0) is 11.3 Å². The third-order valence-corrected chi connectivity index (χ3v) is 6.43. The number of benzene rings is 1. The number of aromatic nitrogens is 4. The molecule has 166 valence electrons. The second kappa shape index (κ2) is 9.79. The smallest absolute Gasteiger partial charge is 0.246 e. The number of nitrogens with zero attached hydrogens (tertiary/aromatic N) is 6. The number of piperazine rings is 1. The number of hydrogen-bond donors (Lipinski definition) is 0. The van der Waals surface area contributed by atoms with Gasteiger partial charge in [-0.2, -0.15) is 5.10 Å². The molecule has 0 radical (unpaired) electrons. The zero-order valence-corrected chi connectivity index (χ0v) is 18.9. The molecule has 0 aliphatic carbocycles. The average Bonchev–Trinajstić information content (AvgIpc) is 3.54. The van der Waals surface area contributed by atoms with Crippen LogP contribution in [0, 0.1) is 0 Å². The first kappa shape index (κ1) is 21.1. The van der Waals surface area contributed by atoms with Gasteiger partial charge in [-0.15, -0.1) is 11.3 Å². The summed E-state index contributed by atoms with van der Waals surface area (Å²) in [7, 11) is 0. The van der Waals surface area contributed by atoms with Gasteiger partial charge in [0.25, 0.3) is 0 Å². The van der Waals surface area contributed by atoms with E-state index in [1.54, 1.807) is 29.8 Å². The molecule has 0 spiro atoms. The molecule has 1 aliphatic rings. The lowest BCUT2D eigenvalue weighted by Gasteiger charge is -2.34. The first-order valence-corrected chi connectivity index (χ1v) is 11.8. The average molecular weight is 457 g/mol. The van der Waals surface area contributed by atoms with Crippen molar-refractivity contribution in [2.75, 3.05) is 31.1 Å². The van der Waals surface area contributed by atoms with E-state index >= 15 is 0 Å². The Bertz CT molecular complexity index is 1210. The van der Waals surface area contributed by atoms with Gasteiger partial charge in [-0.25, -0.2) is 4.98 Å². The zero-order chi connectivity index (χ0) is 22.5. The standard InChI is InChI=1S/C25H24N6OS/c32-23(29-12-14-30(15-13-29)25-27-11-16-33-25)9-8-22-19-31(18-20-5-2-1-3-6-20)28-24(22)21-7-4-10-26-17-21/h1-11,16-17,19H,12-15,18H2/b9-8+. The molecule has 0 N–H and O–H groups in total. The third-order valence-electron chi connectivity index (χ3n) is 5.60. The number of hydrogen-bond acceptors (Lipinski definition) is 6. The molecule has 0 bridgehead atoms. The van der Waals surface area contributed by atoms with Gasteiger partial charge in [0.2, 0.25) is 5.91 Å². The lowest BCUT2D eigenvalue weighted by atomic mass is 10.1. The van der Waals surface area contributed by atoms with Gasteiger partial charge < -0.3 is 9.80 Å². The molecular formula is C25H24N6OS. The Morgan fingerprint density at radius 2 is 1.88 bits per heavy atom. The van der Waals surface area contributed by atoms with Crippen LogP contribution in [0.4, 0.5) is 5.13 Å². The van der Waals surface area contributed by atoms with E-state index in [0.29, 0.717) is 19.6 Å². The summed E-state index contributed by atoms with van der Waals surface area (Å²) < 4.78 is 1.91. The minimum absolute atomic E-state index is 0.0155. The maximum atomic E-state index is 12.9. The molecule has 0 saturated carbocycles. The number of thiazole rings is 1.